The maximum absolute atomic E-state index is 5.54. The second-order valence-electron chi connectivity index (χ2n) is 7.48. The molecule has 0 saturated carbocycles. The van der Waals surface area contributed by atoms with Crippen LogP contribution in [-0.4, -0.2) is 55.3 Å². The molecule has 0 bridgehead atoms. The van der Waals surface area contributed by atoms with Gasteiger partial charge in [-0.1, -0.05) is 12.1 Å². The number of nitrogens with zero attached hydrogens (tertiary/aromatic N) is 4. The molecule has 0 spiro atoms. The number of piperidine rings is 1. The lowest BCUT2D eigenvalue weighted by molar-refractivity contribution is 0.408. The van der Waals surface area contributed by atoms with Crippen LogP contribution < -0.4 is 20.3 Å². The molecule has 3 rings (SSSR count). The standard InChI is InChI=1S/C22H34N6O.HI/c1-18-24-13-16-27(18)14-7-6-12-25-22(23-2)26-19-9-8-15-28(17-19)20-10-4-5-11-21(20)29-3;/h4-5,10-11,13,16,19H,6-9,12,14-15,17H2,1-3H3,(H2,23,25,26);1H. The topological polar surface area (TPSA) is 66.7 Å². The predicted molar refractivity (Wildman–Crippen MR) is 134 cm³/mol. The van der Waals surface area contributed by atoms with Gasteiger partial charge in [0.25, 0.3) is 0 Å². The van der Waals surface area contributed by atoms with Gasteiger partial charge in [0, 0.05) is 51.7 Å². The second-order valence-corrected chi connectivity index (χ2v) is 7.48. The number of aliphatic imine (C=N–C) groups is 1. The Labute approximate surface area is 197 Å². The zero-order valence-corrected chi connectivity index (χ0v) is 20.6. The molecule has 0 amide bonds. The van der Waals surface area contributed by atoms with Crippen molar-refractivity contribution in [2.24, 2.45) is 4.99 Å². The van der Waals surface area contributed by atoms with Gasteiger partial charge in [0.1, 0.15) is 11.6 Å². The number of imidazole rings is 1. The first-order valence-electron chi connectivity index (χ1n) is 10.5. The summed E-state index contributed by atoms with van der Waals surface area (Å²) in [5.41, 5.74) is 1.17. The molecule has 1 fully saturated rings. The van der Waals surface area contributed by atoms with E-state index in [1.54, 1.807) is 7.11 Å². The van der Waals surface area contributed by atoms with E-state index in [1.807, 2.05) is 38.5 Å². The quantitative estimate of drug-likeness (QED) is 0.239. The summed E-state index contributed by atoms with van der Waals surface area (Å²) in [7, 11) is 3.57. The number of unbranched alkanes of at least 4 members (excludes halogenated alkanes) is 1. The van der Waals surface area contributed by atoms with Crippen molar-refractivity contribution in [3.8, 4) is 5.75 Å². The van der Waals surface area contributed by atoms with Crippen LogP contribution in [0.25, 0.3) is 0 Å². The summed E-state index contributed by atoms with van der Waals surface area (Å²) in [6.07, 6.45) is 8.41. The highest BCUT2D eigenvalue weighted by Crippen LogP contribution is 2.29. The third-order valence-corrected chi connectivity index (χ3v) is 5.45. The van der Waals surface area contributed by atoms with Gasteiger partial charge in [-0.15, -0.1) is 24.0 Å². The summed E-state index contributed by atoms with van der Waals surface area (Å²) in [5.74, 6) is 2.90. The molecule has 0 radical (unpaired) electrons. The number of methoxy groups -OCH3 is 1. The molecule has 1 aliphatic rings. The van der Waals surface area contributed by atoms with E-state index in [9.17, 15) is 0 Å². The zero-order chi connectivity index (χ0) is 20.5. The third-order valence-electron chi connectivity index (χ3n) is 5.45. The first kappa shape index (κ1) is 24.3. The molecular formula is C22H35IN6O. The molecule has 166 valence electrons. The first-order chi connectivity index (χ1) is 14.2. The molecule has 0 aliphatic carbocycles. The van der Waals surface area contributed by atoms with Gasteiger partial charge in [-0.3, -0.25) is 4.99 Å². The maximum Gasteiger partial charge on any atom is 0.191 e. The minimum absolute atomic E-state index is 0. The van der Waals surface area contributed by atoms with Crippen molar-refractivity contribution in [2.75, 3.05) is 38.7 Å². The number of halogens is 1. The molecule has 1 atom stereocenters. The summed E-state index contributed by atoms with van der Waals surface area (Å²) in [4.78, 5) is 11.1. The summed E-state index contributed by atoms with van der Waals surface area (Å²) >= 11 is 0. The monoisotopic (exact) mass is 526 g/mol. The summed E-state index contributed by atoms with van der Waals surface area (Å²) in [6, 6.07) is 8.62. The van der Waals surface area contributed by atoms with E-state index in [4.69, 9.17) is 4.74 Å². The molecule has 1 aliphatic heterocycles. The first-order valence-corrected chi connectivity index (χ1v) is 10.5. The molecule has 1 aromatic carbocycles. The van der Waals surface area contributed by atoms with Crippen molar-refractivity contribution in [1.29, 1.82) is 0 Å². The van der Waals surface area contributed by atoms with Gasteiger partial charge in [-0.2, -0.15) is 0 Å². The van der Waals surface area contributed by atoms with Crippen molar-refractivity contribution in [3.63, 3.8) is 0 Å². The summed E-state index contributed by atoms with van der Waals surface area (Å²) in [6.45, 7) is 5.97. The Hall–Kier alpha value is -1.97. The fraction of sp³-hybridized carbons (Fsp3) is 0.545. The second kappa shape index (κ2) is 12.7. The van der Waals surface area contributed by atoms with Crippen molar-refractivity contribution in [1.82, 2.24) is 20.2 Å². The number of hydrogen-bond donors (Lipinski definition) is 2. The van der Waals surface area contributed by atoms with Crippen LogP contribution in [0.5, 0.6) is 5.75 Å². The Balaban J connectivity index is 0.00000320. The molecule has 7 nitrogen and oxygen atoms in total. The normalized spacial score (nSPS) is 16.7. The maximum atomic E-state index is 5.54. The van der Waals surface area contributed by atoms with Gasteiger partial charge >= 0.3 is 0 Å². The smallest absolute Gasteiger partial charge is 0.191 e. The van der Waals surface area contributed by atoms with E-state index in [2.05, 4.69) is 42.2 Å². The number of ether oxygens (including phenoxy) is 1. The van der Waals surface area contributed by atoms with Gasteiger partial charge in [-0.25, -0.2) is 4.98 Å². The van der Waals surface area contributed by atoms with E-state index < -0.39 is 0 Å². The van der Waals surface area contributed by atoms with Crippen LogP contribution in [0.3, 0.4) is 0 Å². The SMILES string of the molecule is CN=C(NCCCCn1ccnc1C)NC1CCCN(c2ccccc2OC)C1.I. The highest BCUT2D eigenvalue weighted by Gasteiger charge is 2.22. The van der Waals surface area contributed by atoms with Crippen LogP contribution in [0.1, 0.15) is 31.5 Å². The lowest BCUT2D eigenvalue weighted by atomic mass is 10.0. The Bertz CT molecular complexity index is 793. The predicted octanol–water partition coefficient (Wildman–Crippen LogP) is 3.43. The number of aryl methyl sites for hydroxylation is 2. The minimum atomic E-state index is 0. The van der Waals surface area contributed by atoms with E-state index in [0.717, 1.165) is 69.4 Å². The number of para-hydroxylation sites is 2. The van der Waals surface area contributed by atoms with Gasteiger partial charge in [0.15, 0.2) is 5.96 Å². The number of nitrogens with one attached hydrogen (secondary N) is 2. The van der Waals surface area contributed by atoms with Gasteiger partial charge in [0.2, 0.25) is 0 Å². The van der Waals surface area contributed by atoms with E-state index in [-0.39, 0.29) is 24.0 Å². The minimum Gasteiger partial charge on any atom is -0.495 e. The molecule has 2 heterocycles. The van der Waals surface area contributed by atoms with Gasteiger partial charge in [0.05, 0.1) is 12.8 Å². The highest BCUT2D eigenvalue weighted by atomic mass is 127. The molecule has 1 saturated heterocycles. The Morgan fingerprint density at radius 2 is 2.13 bits per heavy atom. The largest absolute Gasteiger partial charge is 0.495 e. The van der Waals surface area contributed by atoms with Crippen LogP contribution in [-0.2, 0) is 6.54 Å². The average Bonchev–Trinajstić information content (AvgIpc) is 3.17. The van der Waals surface area contributed by atoms with E-state index in [0.29, 0.717) is 6.04 Å². The van der Waals surface area contributed by atoms with Crippen LogP contribution >= 0.6 is 24.0 Å². The lowest BCUT2D eigenvalue weighted by Gasteiger charge is -2.36. The molecule has 1 aromatic heterocycles. The molecule has 2 aromatic rings. The molecule has 8 heteroatoms. The Morgan fingerprint density at radius 3 is 2.87 bits per heavy atom. The van der Waals surface area contributed by atoms with E-state index >= 15 is 0 Å². The number of hydrogen-bond acceptors (Lipinski definition) is 4. The van der Waals surface area contributed by atoms with Gasteiger partial charge in [-0.05, 0) is 44.7 Å². The summed E-state index contributed by atoms with van der Waals surface area (Å²) in [5, 5.41) is 7.06. The average molecular weight is 526 g/mol. The zero-order valence-electron chi connectivity index (χ0n) is 18.3. The van der Waals surface area contributed by atoms with Crippen LogP contribution in [0, 0.1) is 6.92 Å². The number of guanidine groups is 1. The van der Waals surface area contributed by atoms with Crippen molar-refractivity contribution in [3.05, 3.63) is 42.5 Å². The molecule has 1 unspecified atom stereocenters. The van der Waals surface area contributed by atoms with Crippen LogP contribution in [0.15, 0.2) is 41.7 Å². The Kier molecular flexibility index (Phi) is 10.3. The van der Waals surface area contributed by atoms with Gasteiger partial charge < -0.3 is 24.8 Å². The third kappa shape index (κ3) is 6.78. The Morgan fingerprint density at radius 1 is 1.30 bits per heavy atom. The van der Waals surface area contributed by atoms with Crippen LogP contribution in [0.2, 0.25) is 0 Å². The number of rotatable bonds is 8. The molecular weight excluding hydrogens is 491 g/mol. The van der Waals surface area contributed by atoms with Crippen molar-refractivity contribution < 1.29 is 4.74 Å². The fourth-order valence-corrected chi connectivity index (χ4v) is 3.85. The molecule has 2 N–H and O–H groups in total. The van der Waals surface area contributed by atoms with Crippen LogP contribution in [0.4, 0.5) is 5.69 Å². The van der Waals surface area contributed by atoms with Crippen molar-refractivity contribution in [2.45, 2.75) is 45.2 Å². The fourth-order valence-electron chi connectivity index (χ4n) is 3.85. The number of benzene rings is 1. The number of anilines is 1. The highest BCUT2D eigenvalue weighted by molar-refractivity contribution is 14.0. The van der Waals surface area contributed by atoms with E-state index in [1.165, 1.54) is 5.69 Å². The molecule has 30 heavy (non-hydrogen) atoms. The lowest BCUT2D eigenvalue weighted by Crippen LogP contribution is -2.51. The van der Waals surface area contributed by atoms with Crippen molar-refractivity contribution >= 4 is 35.6 Å². The number of aromatic nitrogens is 2. The summed E-state index contributed by atoms with van der Waals surface area (Å²) < 4.78 is 7.74.